The van der Waals surface area contributed by atoms with Gasteiger partial charge in [-0.05, 0) is 13.0 Å². The number of hydrogen-bond donors (Lipinski definition) is 1. The lowest BCUT2D eigenvalue weighted by atomic mass is 9.97. The number of ketones is 1. The van der Waals surface area contributed by atoms with Crippen molar-refractivity contribution in [1.82, 2.24) is 4.98 Å². The van der Waals surface area contributed by atoms with Gasteiger partial charge in [-0.1, -0.05) is 48.0 Å². The van der Waals surface area contributed by atoms with Gasteiger partial charge in [0.15, 0.2) is 10.9 Å². The predicted molar refractivity (Wildman–Crippen MR) is 91.1 cm³/mol. The molecule has 1 amide bonds. The molecule has 1 aromatic heterocycles. The summed E-state index contributed by atoms with van der Waals surface area (Å²) in [6, 6.07) is 14.1. The molecule has 2 aromatic carbocycles. The second kappa shape index (κ2) is 6.54. The van der Waals surface area contributed by atoms with Crippen molar-refractivity contribution in [1.29, 1.82) is 0 Å². The highest BCUT2D eigenvalue weighted by Gasteiger charge is 2.18. The van der Waals surface area contributed by atoms with Crippen molar-refractivity contribution < 1.29 is 9.59 Å². The van der Waals surface area contributed by atoms with E-state index in [0.717, 1.165) is 5.56 Å². The molecule has 0 saturated heterocycles. The van der Waals surface area contributed by atoms with Gasteiger partial charge >= 0.3 is 0 Å². The molecule has 0 fully saturated rings. The van der Waals surface area contributed by atoms with Crippen LogP contribution in [-0.4, -0.2) is 16.7 Å². The van der Waals surface area contributed by atoms with E-state index in [1.165, 1.54) is 11.3 Å². The summed E-state index contributed by atoms with van der Waals surface area (Å²) in [5.74, 6) is -0.508. The molecule has 0 aliphatic rings. The van der Waals surface area contributed by atoms with Crippen molar-refractivity contribution in [3.8, 4) is 0 Å². The van der Waals surface area contributed by atoms with Crippen molar-refractivity contribution >= 4 is 28.2 Å². The van der Waals surface area contributed by atoms with E-state index in [1.54, 1.807) is 48.0 Å². The maximum atomic E-state index is 12.7. The Kier molecular flexibility index (Phi) is 4.30. The number of nitrogens with zero attached hydrogens (tertiary/aromatic N) is 1. The maximum Gasteiger partial charge on any atom is 0.258 e. The number of hydrogen-bond acceptors (Lipinski definition) is 4. The first-order valence-corrected chi connectivity index (χ1v) is 7.94. The first kappa shape index (κ1) is 15.1. The Bertz CT molecular complexity index is 840. The van der Waals surface area contributed by atoms with Crippen LogP contribution < -0.4 is 5.32 Å². The third-order valence-electron chi connectivity index (χ3n) is 3.38. The van der Waals surface area contributed by atoms with Crippen molar-refractivity contribution in [3.05, 3.63) is 82.4 Å². The third-order valence-corrected chi connectivity index (χ3v) is 4.07. The molecule has 1 heterocycles. The van der Waals surface area contributed by atoms with E-state index in [2.05, 4.69) is 10.3 Å². The molecule has 3 aromatic rings. The van der Waals surface area contributed by atoms with Gasteiger partial charge in [0.25, 0.3) is 5.91 Å². The highest BCUT2D eigenvalue weighted by Crippen LogP contribution is 2.18. The van der Waals surface area contributed by atoms with Crippen LogP contribution in [0.4, 0.5) is 5.13 Å². The Labute approximate surface area is 137 Å². The predicted octanol–water partition coefficient (Wildman–Crippen LogP) is 3.93. The summed E-state index contributed by atoms with van der Waals surface area (Å²) in [5.41, 5.74) is 2.36. The minimum Gasteiger partial charge on any atom is -0.298 e. The van der Waals surface area contributed by atoms with E-state index >= 15 is 0 Å². The van der Waals surface area contributed by atoms with Crippen LogP contribution in [0.1, 0.15) is 31.8 Å². The number of carbonyl (C=O) groups excluding carboxylic acids is 2. The second-order valence-electron chi connectivity index (χ2n) is 5.03. The van der Waals surface area contributed by atoms with Crippen LogP contribution in [0.3, 0.4) is 0 Å². The van der Waals surface area contributed by atoms with Crippen LogP contribution in [0.15, 0.2) is 60.1 Å². The lowest BCUT2D eigenvalue weighted by Crippen LogP contribution is -2.16. The average Bonchev–Trinajstić information content (AvgIpc) is 3.08. The fraction of sp³-hybridized carbons (Fsp3) is 0.0556. The third kappa shape index (κ3) is 3.35. The molecule has 3 rings (SSSR count). The summed E-state index contributed by atoms with van der Waals surface area (Å²) >= 11 is 1.33. The van der Waals surface area contributed by atoms with Gasteiger partial charge in [0.2, 0.25) is 0 Å². The summed E-state index contributed by atoms with van der Waals surface area (Å²) < 4.78 is 0. The van der Waals surface area contributed by atoms with Gasteiger partial charge in [0.05, 0.1) is 5.56 Å². The zero-order valence-electron chi connectivity index (χ0n) is 12.4. The molecule has 5 heteroatoms. The standard InChI is InChI=1S/C18H14N2O2S/c1-12-6-8-13(9-7-12)16(21)14-4-2-3-5-15(14)17(22)20-18-19-10-11-23-18/h2-11H,1H3,(H,19,20,22). The van der Waals surface area contributed by atoms with E-state index in [0.29, 0.717) is 21.8 Å². The number of amides is 1. The Balaban J connectivity index is 1.92. The Hall–Kier alpha value is -2.79. The smallest absolute Gasteiger partial charge is 0.258 e. The number of rotatable bonds is 4. The first-order valence-electron chi connectivity index (χ1n) is 7.06. The lowest BCUT2D eigenvalue weighted by Gasteiger charge is -2.08. The van der Waals surface area contributed by atoms with E-state index < -0.39 is 0 Å². The van der Waals surface area contributed by atoms with Gasteiger partial charge < -0.3 is 0 Å². The SMILES string of the molecule is Cc1ccc(C(=O)c2ccccc2C(=O)Nc2nccs2)cc1. The number of aryl methyl sites for hydroxylation is 1. The molecular weight excluding hydrogens is 308 g/mol. The molecule has 0 atom stereocenters. The minimum absolute atomic E-state index is 0.171. The molecule has 0 saturated carbocycles. The summed E-state index contributed by atoms with van der Waals surface area (Å²) in [7, 11) is 0. The molecule has 1 N–H and O–H groups in total. The summed E-state index contributed by atoms with van der Waals surface area (Å²) in [6.45, 7) is 1.96. The maximum absolute atomic E-state index is 12.7. The Morgan fingerprint density at radius 1 is 1.00 bits per heavy atom. The van der Waals surface area contributed by atoms with Gasteiger partial charge in [-0.15, -0.1) is 11.3 Å². The molecule has 0 bridgehead atoms. The van der Waals surface area contributed by atoms with E-state index in [9.17, 15) is 9.59 Å². The zero-order valence-corrected chi connectivity index (χ0v) is 13.3. The van der Waals surface area contributed by atoms with Crippen molar-refractivity contribution in [2.75, 3.05) is 5.32 Å². The quantitative estimate of drug-likeness (QED) is 0.740. The largest absolute Gasteiger partial charge is 0.298 e. The van der Waals surface area contributed by atoms with Crippen molar-refractivity contribution in [2.24, 2.45) is 0 Å². The number of carbonyl (C=O) groups is 2. The van der Waals surface area contributed by atoms with Crippen LogP contribution in [0.2, 0.25) is 0 Å². The topological polar surface area (TPSA) is 59.1 Å². The van der Waals surface area contributed by atoms with Gasteiger partial charge in [0, 0.05) is 22.7 Å². The van der Waals surface area contributed by atoms with E-state index in [-0.39, 0.29) is 11.7 Å². The summed E-state index contributed by atoms with van der Waals surface area (Å²) in [6.07, 6.45) is 1.61. The van der Waals surface area contributed by atoms with E-state index in [4.69, 9.17) is 0 Å². The molecule has 0 spiro atoms. The van der Waals surface area contributed by atoms with Gasteiger partial charge in [-0.2, -0.15) is 0 Å². The van der Waals surface area contributed by atoms with Crippen LogP contribution >= 0.6 is 11.3 Å². The van der Waals surface area contributed by atoms with Gasteiger partial charge in [0.1, 0.15) is 0 Å². The molecule has 0 aliphatic heterocycles. The Morgan fingerprint density at radius 2 is 1.70 bits per heavy atom. The number of thiazole rings is 1. The normalized spacial score (nSPS) is 10.3. The van der Waals surface area contributed by atoms with Gasteiger partial charge in [-0.25, -0.2) is 4.98 Å². The molecule has 0 radical (unpaired) electrons. The summed E-state index contributed by atoms with van der Waals surface area (Å²) in [5, 5.41) is 4.99. The van der Waals surface area contributed by atoms with Crippen LogP contribution in [0.25, 0.3) is 0 Å². The van der Waals surface area contributed by atoms with E-state index in [1.807, 2.05) is 19.1 Å². The minimum atomic E-state index is -0.337. The fourth-order valence-electron chi connectivity index (χ4n) is 2.19. The molecule has 0 aliphatic carbocycles. The van der Waals surface area contributed by atoms with Crippen molar-refractivity contribution in [2.45, 2.75) is 6.92 Å². The van der Waals surface area contributed by atoms with Gasteiger partial charge in [-0.3, -0.25) is 14.9 Å². The van der Waals surface area contributed by atoms with Crippen LogP contribution in [-0.2, 0) is 0 Å². The first-order chi connectivity index (χ1) is 11.1. The Morgan fingerprint density at radius 3 is 2.35 bits per heavy atom. The van der Waals surface area contributed by atoms with Crippen LogP contribution in [0, 0.1) is 6.92 Å². The van der Waals surface area contributed by atoms with Crippen LogP contribution in [0.5, 0.6) is 0 Å². The monoisotopic (exact) mass is 322 g/mol. The zero-order chi connectivity index (χ0) is 16.2. The van der Waals surface area contributed by atoms with Crippen molar-refractivity contribution in [3.63, 3.8) is 0 Å². The fourth-order valence-corrected chi connectivity index (χ4v) is 2.71. The molecule has 4 nitrogen and oxygen atoms in total. The number of benzene rings is 2. The lowest BCUT2D eigenvalue weighted by molar-refractivity contribution is 0.0996. The average molecular weight is 322 g/mol. The second-order valence-corrected chi connectivity index (χ2v) is 5.93. The highest BCUT2D eigenvalue weighted by atomic mass is 32.1. The highest BCUT2D eigenvalue weighted by molar-refractivity contribution is 7.13. The summed E-state index contributed by atoms with van der Waals surface area (Å²) in [4.78, 5) is 29.1. The molecule has 23 heavy (non-hydrogen) atoms. The molecule has 0 unspecified atom stereocenters. The molecular formula is C18H14N2O2S. The number of aromatic nitrogens is 1. The number of nitrogens with one attached hydrogen (secondary N) is 1. The number of anilines is 1. The molecule has 114 valence electrons.